The van der Waals surface area contributed by atoms with E-state index in [-0.39, 0.29) is 12.1 Å². The highest BCUT2D eigenvalue weighted by molar-refractivity contribution is 7.80. The maximum atomic E-state index is 5.85. The van der Waals surface area contributed by atoms with Crippen LogP contribution in [0.3, 0.4) is 0 Å². The van der Waals surface area contributed by atoms with Crippen LogP contribution >= 0.6 is 12.2 Å². The number of rotatable bonds is 5. The SMILES string of the molecule is Cc1cccc(-n2c(C)cc([C@@H]3[C@H](c4ccccn4)NC(=S)N3Cc3ccncc3)c2C)c1. The topological polar surface area (TPSA) is 46.0 Å². The van der Waals surface area contributed by atoms with Crippen molar-refractivity contribution >= 4 is 17.3 Å². The van der Waals surface area contributed by atoms with Crippen LogP contribution in [0.1, 0.15) is 45.9 Å². The Labute approximate surface area is 200 Å². The minimum Gasteiger partial charge on any atom is -0.352 e. The Morgan fingerprint density at radius 1 is 0.939 bits per heavy atom. The van der Waals surface area contributed by atoms with Crippen molar-refractivity contribution in [2.24, 2.45) is 0 Å². The van der Waals surface area contributed by atoms with Gasteiger partial charge >= 0.3 is 0 Å². The van der Waals surface area contributed by atoms with Crippen LogP contribution in [0.2, 0.25) is 0 Å². The first-order valence-corrected chi connectivity index (χ1v) is 11.6. The molecule has 4 heterocycles. The van der Waals surface area contributed by atoms with Gasteiger partial charge in [-0.25, -0.2) is 0 Å². The Hall–Kier alpha value is -3.51. The van der Waals surface area contributed by atoms with Crippen molar-refractivity contribution in [2.45, 2.75) is 39.4 Å². The van der Waals surface area contributed by atoms with Crippen molar-refractivity contribution in [2.75, 3.05) is 0 Å². The van der Waals surface area contributed by atoms with Gasteiger partial charge in [-0.05, 0) is 92.1 Å². The highest BCUT2D eigenvalue weighted by Crippen LogP contribution is 2.42. The molecule has 0 spiro atoms. The number of hydrogen-bond acceptors (Lipinski definition) is 3. The number of benzene rings is 1. The average molecular weight is 454 g/mol. The first-order valence-electron chi connectivity index (χ1n) is 11.2. The van der Waals surface area contributed by atoms with Crippen molar-refractivity contribution in [3.63, 3.8) is 0 Å². The van der Waals surface area contributed by atoms with Gasteiger partial charge in [-0.1, -0.05) is 18.2 Å². The summed E-state index contributed by atoms with van der Waals surface area (Å²) in [6.07, 6.45) is 5.51. The van der Waals surface area contributed by atoms with E-state index in [0.29, 0.717) is 6.54 Å². The van der Waals surface area contributed by atoms with Crippen LogP contribution in [-0.2, 0) is 6.54 Å². The third kappa shape index (κ3) is 4.02. The summed E-state index contributed by atoms with van der Waals surface area (Å²) in [5.41, 5.74) is 8.27. The Kier molecular flexibility index (Phi) is 5.68. The molecule has 5 rings (SSSR count). The van der Waals surface area contributed by atoms with E-state index in [2.05, 4.69) is 81.9 Å². The monoisotopic (exact) mass is 453 g/mol. The predicted molar refractivity (Wildman–Crippen MR) is 135 cm³/mol. The van der Waals surface area contributed by atoms with Crippen molar-refractivity contribution in [3.8, 4) is 5.69 Å². The number of nitrogens with one attached hydrogen (secondary N) is 1. The molecule has 1 aliphatic rings. The maximum Gasteiger partial charge on any atom is 0.170 e. The molecule has 4 aromatic rings. The second-order valence-corrected chi connectivity index (χ2v) is 9.00. The van der Waals surface area contributed by atoms with Gasteiger partial charge in [0, 0.05) is 42.2 Å². The van der Waals surface area contributed by atoms with E-state index in [0.717, 1.165) is 10.8 Å². The molecule has 2 atom stereocenters. The van der Waals surface area contributed by atoms with Crippen LogP contribution in [0.4, 0.5) is 0 Å². The summed E-state index contributed by atoms with van der Waals surface area (Å²) in [6.45, 7) is 7.20. The van der Waals surface area contributed by atoms with Gasteiger partial charge in [-0.2, -0.15) is 0 Å². The minimum absolute atomic E-state index is 0.0188. The van der Waals surface area contributed by atoms with Crippen LogP contribution in [0.5, 0.6) is 0 Å². The summed E-state index contributed by atoms with van der Waals surface area (Å²) < 4.78 is 2.34. The number of hydrogen-bond donors (Lipinski definition) is 1. The van der Waals surface area contributed by atoms with Gasteiger partial charge in [0.05, 0.1) is 17.8 Å². The van der Waals surface area contributed by atoms with Gasteiger partial charge in [0.25, 0.3) is 0 Å². The predicted octanol–water partition coefficient (Wildman–Crippen LogP) is 5.37. The molecule has 1 N–H and O–H groups in total. The van der Waals surface area contributed by atoms with E-state index < -0.39 is 0 Å². The maximum absolute atomic E-state index is 5.85. The lowest BCUT2D eigenvalue weighted by Gasteiger charge is -2.28. The molecule has 0 amide bonds. The highest BCUT2D eigenvalue weighted by atomic mass is 32.1. The van der Waals surface area contributed by atoms with E-state index in [1.54, 1.807) is 0 Å². The van der Waals surface area contributed by atoms with E-state index in [9.17, 15) is 0 Å². The quantitative estimate of drug-likeness (QED) is 0.412. The lowest BCUT2D eigenvalue weighted by molar-refractivity contribution is 0.310. The first kappa shape index (κ1) is 21.3. The van der Waals surface area contributed by atoms with Crippen molar-refractivity contribution < 1.29 is 0 Å². The molecule has 1 saturated heterocycles. The zero-order valence-corrected chi connectivity index (χ0v) is 19.9. The van der Waals surface area contributed by atoms with E-state index in [1.807, 2.05) is 42.9 Å². The molecule has 0 aliphatic carbocycles. The molecule has 1 aliphatic heterocycles. The van der Waals surface area contributed by atoms with Gasteiger partial charge in [0.15, 0.2) is 5.11 Å². The minimum atomic E-state index is -0.0352. The second kappa shape index (κ2) is 8.79. The third-order valence-electron chi connectivity index (χ3n) is 6.35. The average Bonchev–Trinajstić information content (AvgIpc) is 3.30. The lowest BCUT2D eigenvalue weighted by atomic mass is 9.96. The molecule has 1 fully saturated rings. The van der Waals surface area contributed by atoms with Gasteiger partial charge < -0.3 is 14.8 Å². The van der Waals surface area contributed by atoms with Gasteiger partial charge in [0.2, 0.25) is 0 Å². The van der Waals surface area contributed by atoms with Crippen molar-refractivity contribution in [1.82, 2.24) is 24.8 Å². The van der Waals surface area contributed by atoms with Crippen molar-refractivity contribution in [1.29, 1.82) is 0 Å². The molecule has 0 bridgehead atoms. The number of aryl methyl sites for hydroxylation is 2. The standard InChI is InChI=1S/C27H27N5S/c1-18-7-6-8-22(15-18)32-19(2)16-23(20(32)3)26-25(24-9-4-5-12-29-24)30-27(33)31(26)17-21-10-13-28-14-11-21/h4-16,25-26H,17H2,1-3H3,(H,30,33)/t25-,26+/m0/s1. The number of nitrogens with zero attached hydrogens (tertiary/aromatic N) is 4. The van der Waals surface area contributed by atoms with Crippen LogP contribution in [0.25, 0.3) is 5.69 Å². The number of aromatic nitrogens is 3. The van der Waals surface area contributed by atoms with Crippen LogP contribution in [0, 0.1) is 20.8 Å². The molecule has 0 radical (unpaired) electrons. The Morgan fingerprint density at radius 3 is 2.48 bits per heavy atom. The summed E-state index contributed by atoms with van der Waals surface area (Å²) in [5.74, 6) is 0. The van der Waals surface area contributed by atoms with E-state index in [4.69, 9.17) is 12.2 Å². The molecule has 0 saturated carbocycles. The first-order chi connectivity index (χ1) is 16.0. The fourth-order valence-electron chi connectivity index (χ4n) is 4.85. The van der Waals surface area contributed by atoms with Crippen LogP contribution in [-0.4, -0.2) is 24.5 Å². The highest BCUT2D eigenvalue weighted by Gasteiger charge is 2.41. The molecule has 1 aromatic carbocycles. The molecule has 5 nitrogen and oxygen atoms in total. The third-order valence-corrected chi connectivity index (χ3v) is 6.70. The molecule has 6 heteroatoms. The molecule has 33 heavy (non-hydrogen) atoms. The molecular weight excluding hydrogens is 426 g/mol. The Balaban J connectivity index is 1.62. The number of pyridine rings is 2. The molecule has 0 unspecified atom stereocenters. The normalized spacial score (nSPS) is 17.9. The van der Waals surface area contributed by atoms with Gasteiger partial charge in [-0.3, -0.25) is 9.97 Å². The van der Waals surface area contributed by atoms with Crippen molar-refractivity contribution in [3.05, 3.63) is 113 Å². The number of thiocarbonyl (C=S) groups is 1. The zero-order chi connectivity index (χ0) is 22.9. The summed E-state index contributed by atoms with van der Waals surface area (Å²) in [5, 5.41) is 4.31. The van der Waals surface area contributed by atoms with Crippen LogP contribution in [0.15, 0.2) is 79.3 Å². The smallest absolute Gasteiger partial charge is 0.170 e. The summed E-state index contributed by atoms with van der Waals surface area (Å²) in [6, 6.07) is 21.1. The molecular formula is C27H27N5S. The lowest BCUT2D eigenvalue weighted by Crippen LogP contribution is -2.29. The Bertz CT molecular complexity index is 1280. The van der Waals surface area contributed by atoms with Gasteiger partial charge in [0.1, 0.15) is 0 Å². The van der Waals surface area contributed by atoms with E-state index in [1.165, 1.54) is 33.8 Å². The zero-order valence-electron chi connectivity index (χ0n) is 19.1. The fraction of sp³-hybridized carbons (Fsp3) is 0.222. The second-order valence-electron chi connectivity index (χ2n) is 8.61. The summed E-state index contributed by atoms with van der Waals surface area (Å²) in [4.78, 5) is 11.1. The molecule has 3 aromatic heterocycles. The fourth-order valence-corrected chi connectivity index (χ4v) is 5.16. The Morgan fingerprint density at radius 2 is 1.76 bits per heavy atom. The van der Waals surface area contributed by atoms with Crippen LogP contribution < -0.4 is 5.32 Å². The summed E-state index contributed by atoms with van der Waals surface area (Å²) in [7, 11) is 0. The van der Waals surface area contributed by atoms with Gasteiger partial charge in [-0.15, -0.1) is 0 Å². The molecule has 166 valence electrons. The van der Waals surface area contributed by atoms with E-state index >= 15 is 0 Å². The summed E-state index contributed by atoms with van der Waals surface area (Å²) >= 11 is 5.85. The largest absolute Gasteiger partial charge is 0.352 e.